The second kappa shape index (κ2) is 4.19. The van der Waals surface area contributed by atoms with E-state index in [4.69, 9.17) is 16.3 Å². The van der Waals surface area contributed by atoms with Crippen LogP contribution in [0.4, 0.5) is 13.2 Å². The topological polar surface area (TPSA) is 9.23 Å². The molecule has 0 aliphatic heterocycles. The Bertz CT molecular complexity index is 322. The van der Waals surface area contributed by atoms with E-state index >= 15 is 0 Å². The van der Waals surface area contributed by atoms with Crippen molar-refractivity contribution in [1.29, 1.82) is 0 Å². The van der Waals surface area contributed by atoms with E-state index in [1.54, 1.807) is 0 Å². The first-order valence-corrected chi connectivity index (χ1v) is 4.17. The highest BCUT2D eigenvalue weighted by molar-refractivity contribution is 6.31. The molecule has 0 bridgehead atoms. The average Bonchev–Trinajstić information content (AvgIpc) is 2.07. The van der Waals surface area contributed by atoms with Gasteiger partial charge in [-0.3, -0.25) is 0 Å². The van der Waals surface area contributed by atoms with Crippen LogP contribution < -0.4 is 0 Å². The lowest BCUT2D eigenvalue weighted by atomic mass is 10.1. The predicted octanol–water partition coefficient (Wildman–Crippen LogP) is 3.51. The highest BCUT2D eigenvalue weighted by Gasteiger charge is 2.30. The van der Waals surface area contributed by atoms with Gasteiger partial charge in [-0.05, 0) is 17.7 Å². The Balaban J connectivity index is 3.01. The molecule has 0 amide bonds. The standard InChI is InChI=1S/C9H8ClF3O/c1-14-5-6-2-3-7(4-8(6)10)9(11,12)13/h2-4H,5H2,1H3. The Kier molecular flexibility index (Phi) is 3.39. The molecule has 0 unspecified atom stereocenters. The zero-order valence-electron chi connectivity index (χ0n) is 7.36. The number of halogens is 4. The molecule has 0 saturated carbocycles. The smallest absolute Gasteiger partial charge is 0.380 e. The van der Waals surface area contributed by atoms with Gasteiger partial charge in [-0.1, -0.05) is 17.7 Å². The minimum atomic E-state index is -4.35. The molecule has 0 spiro atoms. The van der Waals surface area contributed by atoms with Crippen LogP contribution in [0.3, 0.4) is 0 Å². The predicted molar refractivity (Wildman–Crippen MR) is 47.2 cm³/mol. The molecule has 0 fully saturated rings. The molecular formula is C9H8ClF3O. The Morgan fingerprint density at radius 2 is 2.00 bits per heavy atom. The first-order chi connectivity index (χ1) is 6.45. The van der Waals surface area contributed by atoms with E-state index in [1.165, 1.54) is 13.2 Å². The summed E-state index contributed by atoms with van der Waals surface area (Å²) < 4.78 is 41.4. The van der Waals surface area contributed by atoms with Crippen molar-refractivity contribution in [3.8, 4) is 0 Å². The van der Waals surface area contributed by atoms with Crippen molar-refractivity contribution >= 4 is 11.6 Å². The van der Waals surface area contributed by atoms with E-state index in [2.05, 4.69) is 0 Å². The van der Waals surface area contributed by atoms with Crippen LogP contribution in [0.15, 0.2) is 18.2 Å². The van der Waals surface area contributed by atoms with Crippen LogP contribution in [-0.4, -0.2) is 7.11 Å². The van der Waals surface area contributed by atoms with Gasteiger partial charge in [-0.2, -0.15) is 13.2 Å². The average molecular weight is 225 g/mol. The van der Waals surface area contributed by atoms with Gasteiger partial charge in [0.15, 0.2) is 0 Å². The van der Waals surface area contributed by atoms with E-state index in [0.717, 1.165) is 12.1 Å². The van der Waals surface area contributed by atoms with Crippen LogP contribution in [0.25, 0.3) is 0 Å². The number of methoxy groups -OCH3 is 1. The van der Waals surface area contributed by atoms with Crippen molar-refractivity contribution in [2.45, 2.75) is 12.8 Å². The van der Waals surface area contributed by atoms with E-state index in [0.29, 0.717) is 5.56 Å². The maximum Gasteiger partial charge on any atom is 0.416 e. The Hall–Kier alpha value is -0.740. The van der Waals surface area contributed by atoms with Gasteiger partial charge in [0.2, 0.25) is 0 Å². The summed E-state index contributed by atoms with van der Waals surface area (Å²) in [5.41, 5.74) is -0.204. The highest BCUT2D eigenvalue weighted by atomic mass is 35.5. The van der Waals surface area contributed by atoms with Gasteiger partial charge in [0.1, 0.15) is 0 Å². The van der Waals surface area contributed by atoms with Gasteiger partial charge >= 0.3 is 6.18 Å². The number of ether oxygens (including phenoxy) is 1. The van der Waals surface area contributed by atoms with E-state index < -0.39 is 11.7 Å². The summed E-state index contributed by atoms with van der Waals surface area (Å²) in [4.78, 5) is 0. The molecule has 0 aliphatic rings. The van der Waals surface area contributed by atoms with Crippen molar-refractivity contribution in [2.24, 2.45) is 0 Å². The lowest BCUT2D eigenvalue weighted by molar-refractivity contribution is -0.137. The van der Waals surface area contributed by atoms with Crippen LogP contribution in [0.1, 0.15) is 11.1 Å². The lowest BCUT2D eigenvalue weighted by Crippen LogP contribution is -2.05. The number of hydrogen-bond acceptors (Lipinski definition) is 1. The number of rotatable bonds is 2. The number of alkyl halides is 3. The van der Waals surface area contributed by atoms with Crippen LogP contribution >= 0.6 is 11.6 Å². The second-order valence-corrected chi connectivity index (χ2v) is 3.14. The maximum absolute atomic E-state index is 12.2. The van der Waals surface area contributed by atoms with Crippen molar-refractivity contribution in [1.82, 2.24) is 0 Å². The first kappa shape index (κ1) is 11.3. The van der Waals surface area contributed by atoms with Gasteiger partial charge in [-0.15, -0.1) is 0 Å². The number of hydrogen-bond donors (Lipinski definition) is 0. The van der Waals surface area contributed by atoms with Gasteiger partial charge in [0.05, 0.1) is 12.2 Å². The molecule has 0 radical (unpaired) electrons. The molecule has 1 nitrogen and oxygen atoms in total. The van der Waals surface area contributed by atoms with Crippen LogP contribution in [0.5, 0.6) is 0 Å². The largest absolute Gasteiger partial charge is 0.416 e. The first-order valence-electron chi connectivity index (χ1n) is 3.79. The maximum atomic E-state index is 12.2. The van der Waals surface area contributed by atoms with Crippen molar-refractivity contribution in [3.05, 3.63) is 34.3 Å². The Morgan fingerprint density at radius 3 is 2.43 bits per heavy atom. The lowest BCUT2D eigenvalue weighted by Gasteiger charge is -2.09. The summed E-state index contributed by atoms with van der Waals surface area (Å²) in [6.07, 6.45) is -4.35. The van der Waals surface area contributed by atoms with Gasteiger partial charge in [0.25, 0.3) is 0 Å². The molecule has 1 rings (SSSR count). The van der Waals surface area contributed by atoms with Crippen molar-refractivity contribution in [3.63, 3.8) is 0 Å². The minimum Gasteiger partial charge on any atom is -0.380 e. The highest BCUT2D eigenvalue weighted by Crippen LogP contribution is 2.32. The molecule has 78 valence electrons. The van der Waals surface area contributed by atoms with Crippen molar-refractivity contribution < 1.29 is 17.9 Å². The van der Waals surface area contributed by atoms with E-state index in [-0.39, 0.29) is 11.6 Å². The molecule has 0 atom stereocenters. The summed E-state index contributed by atoms with van der Waals surface area (Å²) in [6.45, 7) is 0.205. The summed E-state index contributed by atoms with van der Waals surface area (Å²) in [5.74, 6) is 0. The van der Waals surface area contributed by atoms with Crippen LogP contribution in [0, 0.1) is 0 Å². The molecular weight excluding hydrogens is 217 g/mol. The third kappa shape index (κ3) is 2.62. The monoisotopic (exact) mass is 224 g/mol. The Labute approximate surface area is 84.4 Å². The van der Waals surface area contributed by atoms with Crippen molar-refractivity contribution in [2.75, 3.05) is 7.11 Å². The molecule has 14 heavy (non-hydrogen) atoms. The molecule has 0 heterocycles. The third-order valence-corrected chi connectivity index (χ3v) is 2.03. The summed E-state index contributed by atoms with van der Waals surface area (Å²) >= 11 is 5.63. The summed E-state index contributed by atoms with van der Waals surface area (Å²) in [7, 11) is 1.45. The number of benzene rings is 1. The molecule has 0 aliphatic carbocycles. The van der Waals surface area contributed by atoms with E-state index in [9.17, 15) is 13.2 Å². The normalized spacial score (nSPS) is 11.8. The second-order valence-electron chi connectivity index (χ2n) is 2.74. The zero-order valence-corrected chi connectivity index (χ0v) is 8.12. The minimum absolute atomic E-state index is 0.0710. The third-order valence-electron chi connectivity index (χ3n) is 1.68. The molecule has 0 N–H and O–H groups in total. The molecule has 1 aromatic rings. The fourth-order valence-corrected chi connectivity index (χ4v) is 1.23. The zero-order chi connectivity index (χ0) is 10.8. The molecule has 5 heteroatoms. The molecule has 0 aromatic heterocycles. The fourth-order valence-electron chi connectivity index (χ4n) is 0.996. The van der Waals surface area contributed by atoms with Crippen LogP contribution in [-0.2, 0) is 17.5 Å². The quantitative estimate of drug-likeness (QED) is 0.747. The summed E-state index contributed by atoms with van der Waals surface area (Å²) in [5, 5.41) is 0.0710. The van der Waals surface area contributed by atoms with E-state index in [1.807, 2.05) is 0 Å². The fraction of sp³-hybridized carbons (Fsp3) is 0.333. The van der Waals surface area contributed by atoms with Gasteiger partial charge in [-0.25, -0.2) is 0 Å². The molecule has 0 saturated heterocycles. The SMILES string of the molecule is COCc1ccc(C(F)(F)F)cc1Cl. The van der Waals surface area contributed by atoms with Crippen LogP contribution in [0.2, 0.25) is 5.02 Å². The van der Waals surface area contributed by atoms with Gasteiger partial charge < -0.3 is 4.74 Å². The summed E-state index contributed by atoms with van der Waals surface area (Å²) in [6, 6.07) is 3.20. The Morgan fingerprint density at radius 1 is 1.36 bits per heavy atom. The van der Waals surface area contributed by atoms with Gasteiger partial charge in [0, 0.05) is 12.1 Å². The molecule has 1 aromatic carbocycles.